The smallest absolute Gasteiger partial charge is 0.320 e. The second-order valence-electron chi connectivity index (χ2n) is 3.27. The van der Waals surface area contributed by atoms with E-state index in [2.05, 4.69) is 0 Å². The van der Waals surface area contributed by atoms with Crippen LogP contribution in [-0.2, 0) is 16.1 Å². The number of aliphatic carboxylic acids is 1. The maximum Gasteiger partial charge on any atom is 0.320 e. The number of benzene rings is 1. The predicted octanol–water partition coefficient (Wildman–Crippen LogP) is 1.43. The molecular formula is C11H16ClNO3. The quantitative estimate of drug-likeness (QED) is 0.744. The van der Waals surface area contributed by atoms with Crippen LogP contribution in [0.25, 0.3) is 0 Å². The van der Waals surface area contributed by atoms with Crippen molar-refractivity contribution in [1.29, 1.82) is 0 Å². The van der Waals surface area contributed by atoms with Crippen molar-refractivity contribution < 1.29 is 14.6 Å². The second kappa shape index (κ2) is 8.10. The molecule has 0 saturated carbocycles. The molecule has 1 rings (SSSR count). The highest BCUT2D eigenvalue weighted by molar-refractivity contribution is 5.85. The molecule has 90 valence electrons. The molecule has 0 amide bonds. The molecule has 4 nitrogen and oxygen atoms in total. The number of halogens is 1. The van der Waals surface area contributed by atoms with Gasteiger partial charge in [0.2, 0.25) is 0 Å². The number of nitrogens with two attached hydrogens (primary N) is 1. The van der Waals surface area contributed by atoms with Crippen molar-refractivity contribution in [3.8, 4) is 0 Å². The summed E-state index contributed by atoms with van der Waals surface area (Å²) in [6, 6.07) is 8.88. The van der Waals surface area contributed by atoms with Gasteiger partial charge in [0.1, 0.15) is 6.04 Å². The van der Waals surface area contributed by atoms with E-state index < -0.39 is 12.0 Å². The van der Waals surface area contributed by atoms with E-state index in [9.17, 15) is 4.79 Å². The van der Waals surface area contributed by atoms with Gasteiger partial charge in [0.25, 0.3) is 0 Å². The lowest BCUT2D eigenvalue weighted by molar-refractivity contribution is -0.139. The third-order valence-electron chi connectivity index (χ3n) is 2.00. The summed E-state index contributed by atoms with van der Waals surface area (Å²) in [4.78, 5) is 10.4. The summed E-state index contributed by atoms with van der Waals surface area (Å²) in [7, 11) is 0. The molecule has 0 spiro atoms. The third-order valence-corrected chi connectivity index (χ3v) is 2.00. The first kappa shape index (κ1) is 14.9. The minimum atomic E-state index is -0.988. The number of carbonyl (C=O) groups is 1. The van der Waals surface area contributed by atoms with Crippen LogP contribution in [-0.4, -0.2) is 23.7 Å². The molecule has 0 fully saturated rings. The van der Waals surface area contributed by atoms with E-state index in [-0.39, 0.29) is 12.4 Å². The molecule has 1 unspecified atom stereocenters. The van der Waals surface area contributed by atoms with E-state index in [1.54, 1.807) is 0 Å². The summed E-state index contributed by atoms with van der Waals surface area (Å²) >= 11 is 0. The third kappa shape index (κ3) is 5.70. The molecule has 0 bridgehead atoms. The molecule has 5 heteroatoms. The average Bonchev–Trinajstić information content (AvgIpc) is 2.25. The van der Waals surface area contributed by atoms with Gasteiger partial charge in [-0.25, -0.2) is 0 Å². The zero-order chi connectivity index (χ0) is 11.1. The molecular weight excluding hydrogens is 230 g/mol. The van der Waals surface area contributed by atoms with Gasteiger partial charge < -0.3 is 15.6 Å². The van der Waals surface area contributed by atoms with Crippen LogP contribution in [0.5, 0.6) is 0 Å². The fourth-order valence-corrected chi connectivity index (χ4v) is 1.10. The maximum atomic E-state index is 10.4. The Morgan fingerprint density at radius 2 is 2.00 bits per heavy atom. The van der Waals surface area contributed by atoms with E-state index >= 15 is 0 Å². The first-order valence-electron chi connectivity index (χ1n) is 4.80. The van der Waals surface area contributed by atoms with Crippen molar-refractivity contribution in [2.75, 3.05) is 6.61 Å². The van der Waals surface area contributed by atoms with Crippen LogP contribution in [0.2, 0.25) is 0 Å². The Morgan fingerprint density at radius 3 is 2.56 bits per heavy atom. The van der Waals surface area contributed by atoms with Crippen molar-refractivity contribution >= 4 is 18.4 Å². The van der Waals surface area contributed by atoms with Crippen LogP contribution in [0.3, 0.4) is 0 Å². The number of ether oxygens (including phenoxy) is 1. The lowest BCUT2D eigenvalue weighted by Crippen LogP contribution is -2.31. The molecule has 0 saturated heterocycles. The number of carboxylic acids is 1. The maximum absolute atomic E-state index is 10.4. The standard InChI is InChI=1S/C11H15NO3.ClH/c12-10(11(13)14)6-7-15-8-9-4-2-1-3-5-9;/h1-5,10H,6-8,12H2,(H,13,14);1H. The van der Waals surface area contributed by atoms with Crippen molar-refractivity contribution in [2.45, 2.75) is 19.1 Å². The van der Waals surface area contributed by atoms with Gasteiger partial charge in [-0.05, 0) is 12.0 Å². The largest absolute Gasteiger partial charge is 0.480 e. The van der Waals surface area contributed by atoms with Gasteiger partial charge in [-0.3, -0.25) is 4.79 Å². The fourth-order valence-electron chi connectivity index (χ4n) is 1.10. The topological polar surface area (TPSA) is 72.5 Å². The molecule has 0 aliphatic carbocycles. The Morgan fingerprint density at radius 1 is 1.38 bits per heavy atom. The van der Waals surface area contributed by atoms with Gasteiger partial charge in [0.05, 0.1) is 6.61 Å². The Labute approximate surface area is 101 Å². The molecule has 0 aliphatic heterocycles. The number of rotatable bonds is 6. The van der Waals surface area contributed by atoms with Gasteiger partial charge in [0.15, 0.2) is 0 Å². The molecule has 1 aromatic carbocycles. The summed E-state index contributed by atoms with van der Waals surface area (Å²) in [6.45, 7) is 0.857. The first-order valence-corrected chi connectivity index (χ1v) is 4.80. The van der Waals surface area contributed by atoms with Crippen LogP contribution < -0.4 is 5.73 Å². The summed E-state index contributed by atoms with van der Waals surface area (Å²) < 4.78 is 5.30. The van der Waals surface area contributed by atoms with E-state index in [1.165, 1.54) is 0 Å². The highest BCUT2D eigenvalue weighted by atomic mass is 35.5. The lowest BCUT2D eigenvalue weighted by Gasteiger charge is -2.07. The zero-order valence-corrected chi connectivity index (χ0v) is 9.65. The zero-order valence-electron chi connectivity index (χ0n) is 8.83. The lowest BCUT2D eigenvalue weighted by atomic mass is 10.2. The van der Waals surface area contributed by atoms with Crippen molar-refractivity contribution in [3.63, 3.8) is 0 Å². The van der Waals surface area contributed by atoms with Crippen molar-refractivity contribution in [1.82, 2.24) is 0 Å². The summed E-state index contributed by atoms with van der Waals surface area (Å²) in [5.74, 6) is -0.988. The van der Waals surface area contributed by atoms with E-state index in [0.717, 1.165) is 5.56 Å². The summed E-state index contributed by atoms with van der Waals surface area (Å²) in [5.41, 5.74) is 6.39. The number of carboxylic acid groups (broad SMARTS) is 1. The highest BCUT2D eigenvalue weighted by Crippen LogP contribution is 2.01. The van der Waals surface area contributed by atoms with Crippen molar-refractivity contribution in [2.24, 2.45) is 5.73 Å². The second-order valence-corrected chi connectivity index (χ2v) is 3.27. The molecule has 16 heavy (non-hydrogen) atoms. The molecule has 1 aromatic rings. The molecule has 1 atom stereocenters. The predicted molar refractivity (Wildman–Crippen MR) is 63.6 cm³/mol. The highest BCUT2D eigenvalue weighted by Gasteiger charge is 2.10. The van der Waals surface area contributed by atoms with Gasteiger partial charge in [-0.15, -0.1) is 12.4 Å². The molecule has 3 N–H and O–H groups in total. The molecule has 0 aromatic heterocycles. The molecule has 0 aliphatic rings. The Hall–Kier alpha value is -1.10. The van der Waals surface area contributed by atoms with Crippen LogP contribution >= 0.6 is 12.4 Å². The molecule has 0 heterocycles. The van der Waals surface area contributed by atoms with Crippen LogP contribution in [0, 0.1) is 0 Å². The van der Waals surface area contributed by atoms with E-state index in [1.807, 2.05) is 30.3 Å². The number of hydrogen-bond acceptors (Lipinski definition) is 3. The van der Waals surface area contributed by atoms with Gasteiger partial charge >= 0.3 is 5.97 Å². The minimum Gasteiger partial charge on any atom is -0.480 e. The summed E-state index contributed by atoms with van der Waals surface area (Å²) in [6.07, 6.45) is 0.335. The van der Waals surface area contributed by atoms with Crippen LogP contribution in [0.15, 0.2) is 30.3 Å². The fraction of sp³-hybridized carbons (Fsp3) is 0.364. The van der Waals surface area contributed by atoms with Crippen LogP contribution in [0.1, 0.15) is 12.0 Å². The molecule has 0 radical (unpaired) electrons. The monoisotopic (exact) mass is 245 g/mol. The summed E-state index contributed by atoms with van der Waals surface area (Å²) in [5, 5.41) is 8.52. The van der Waals surface area contributed by atoms with Crippen LogP contribution in [0.4, 0.5) is 0 Å². The normalized spacial score (nSPS) is 11.6. The Balaban J connectivity index is 0.00000225. The van der Waals surface area contributed by atoms with E-state index in [0.29, 0.717) is 19.6 Å². The average molecular weight is 246 g/mol. The minimum absolute atomic E-state index is 0. The van der Waals surface area contributed by atoms with Crippen molar-refractivity contribution in [3.05, 3.63) is 35.9 Å². The number of hydrogen-bond donors (Lipinski definition) is 2. The first-order chi connectivity index (χ1) is 7.20. The van der Waals surface area contributed by atoms with Gasteiger partial charge in [-0.2, -0.15) is 0 Å². The van der Waals surface area contributed by atoms with Gasteiger partial charge in [-0.1, -0.05) is 30.3 Å². The Bertz CT molecular complexity index is 305. The van der Waals surface area contributed by atoms with Gasteiger partial charge in [0, 0.05) is 6.61 Å². The SMILES string of the molecule is Cl.NC(CCOCc1ccccc1)C(=O)O. The van der Waals surface area contributed by atoms with E-state index in [4.69, 9.17) is 15.6 Å². The Kier molecular flexibility index (Phi) is 7.54.